The first-order valence-electron chi connectivity index (χ1n) is 6.06. The van der Waals surface area contributed by atoms with Gasteiger partial charge in [0.25, 0.3) is 5.56 Å². The van der Waals surface area contributed by atoms with E-state index in [2.05, 4.69) is 5.32 Å². The van der Waals surface area contributed by atoms with Gasteiger partial charge in [0.05, 0.1) is 5.69 Å². The number of rotatable bonds is 4. The third kappa shape index (κ3) is 3.39. The second kappa shape index (κ2) is 6.08. The highest BCUT2D eigenvalue weighted by Gasteiger charge is 2.13. The van der Waals surface area contributed by atoms with Gasteiger partial charge >= 0.3 is 5.97 Å². The van der Waals surface area contributed by atoms with Crippen molar-refractivity contribution in [2.24, 2.45) is 0 Å². The third-order valence-electron chi connectivity index (χ3n) is 2.80. The predicted octanol–water partition coefficient (Wildman–Crippen LogP) is 1.30. The molecule has 1 heterocycles. The van der Waals surface area contributed by atoms with Gasteiger partial charge in [-0.1, -0.05) is 30.3 Å². The maximum atomic E-state index is 12.3. The quantitative estimate of drug-likeness (QED) is 0.827. The molecule has 1 aromatic carbocycles. The molecule has 104 valence electrons. The van der Waals surface area contributed by atoms with Crippen LogP contribution in [0.2, 0.25) is 0 Å². The minimum atomic E-state index is -1.16. The highest BCUT2D eigenvalue weighted by atomic mass is 16.4. The van der Waals surface area contributed by atoms with Crippen LogP contribution in [0.3, 0.4) is 0 Å². The summed E-state index contributed by atoms with van der Waals surface area (Å²) >= 11 is 0. The van der Waals surface area contributed by atoms with Crippen molar-refractivity contribution in [3.05, 3.63) is 52.8 Å². The molecular weight excluding hydrogens is 271 g/mol. The molecule has 0 spiro atoms. The van der Waals surface area contributed by atoms with Gasteiger partial charge in [-0.2, -0.15) is 0 Å². The number of nitrogens with one attached hydrogen (secondary N) is 1. The number of benzene rings is 1. The number of aliphatic carboxylic acids is 1. The average molecular weight is 282 g/mol. The topological polar surface area (TPSA) is 88.4 Å². The minimum Gasteiger partial charge on any atom is -0.480 e. The number of anilines is 1. The summed E-state index contributed by atoms with van der Waals surface area (Å²) in [6.07, 6.45) is 0. The zero-order chi connectivity index (χ0) is 15.4. The van der Waals surface area contributed by atoms with Crippen LogP contribution in [0.25, 0.3) is 11.3 Å². The number of carboxylic acid groups (broad SMARTS) is 1. The SMILES string of the molecule is [B]C(=O)Nc1ccc(-c2ccccc2)n(CC(=O)O)c1=O. The van der Waals surface area contributed by atoms with Gasteiger partial charge in [-0.25, -0.2) is 0 Å². The van der Waals surface area contributed by atoms with Crippen LogP contribution in [0.5, 0.6) is 0 Å². The molecule has 2 radical (unpaired) electrons. The van der Waals surface area contributed by atoms with Crippen LogP contribution < -0.4 is 10.9 Å². The molecule has 0 saturated heterocycles. The summed E-state index contributed by atoms with van der Waals surface area (Å²) in [4.78, 5) is 34.1. The molecule has 6 nitrogen and oxygen atoms in total. The van der Waals surface area contributed by atoms with E-state index in [1.54, 1.807) is 30.3 Å². The van der Waals surface area contributed by atoms with Crippen LogP contribution in [0.4, 0.5) is 10.5 Å². The van der Waals surface area contributed by atoms with Crippen LogP contribution in [0.1, 0.15) is 0 Å². The van der Waals surface area contributed by atoms with E-state index in [9.17, 15) is 14.4 Å². The molecule has 0 unspecified atom stereocenters. The van der Waals surface area contributed by atoms with Crippen LogP contribution in [-0.4, -0.2) is 29.3 Å². The van der Waals surface area contributed by atoms with E-state index in [-0.39, 0.29) is 5.69 Å². The third-order valence-corrected chi connectivity index (χ3v) is 2.80. The summed E-state index contributed by atoms with van der Waals surface area (Å²) in [5.41, 5.74) is 0.445. The fourth-order valence-electron chi connectivity index (χ4n) is 1.96. The lowest BCUT2D eigenvalue weighted by Gasteiger charge is -2.13. The number of carbonyl (C=O) groups excluding carboxylic acids is 1. The lowest BCUT2D eigenvalue weighted by Crippen LogP contribution is -2.29. The first-order chi connectivity index (χ1) is 9.99. The van der Waals surface area contributed by atoms with Crippen molar-refractivity contribution < 1.29 is 14.7 Å². The summed E-state index contributed by atoms with van der Waals surface area (Å²) < 4.78 is 1.07. The van der Waals surface area contributed by atoms with Crippen molar-refractivity contribution in [1.82, 2.24) is 4.57 Å². The Bertz CT molecular complexity index is 740. The highest BCUT2D eigenvalue weighted by molar-refractivity contribution is 6.60. The lowest BCUT2D eigenvalue weighted by atomic mass is 10.1. The number of carboxylic acids is 1. The second-order valence-electron chi connectivity index (χ2n) is 4.27. The Labute approximate surface area is 121 Å². The van der Waals surface area contributed by atoms with Gasteiger partial charge in [-0.05, 0) is 17.7 Å². The number of pyridine rings is 1. The van der Waals surface area contributed by atoms with Gasteiger partial charge in [0, 0.05) is 0 Å². The van der Waals surface area contributed by atoms with Crippen molar-refractivity contribution in [2.75, 3.05) is 5.32 Å². The van der Waals surface area contributed by atoms with Crippen LogP contribution >= 0.6 is 0 Å². The van der Waals surface area contributed by atoms with Gasteiger partial charge in [-0.15, -0.1) is 0 Å². The number of aromatic nitrogens is 1. The van der Waals surface area contributed by atoms with E-state index >= 15 is 0 Å². The molecule has 0 atom stereocenters. The highest BCUT2D eigenvalue weighted by Crippen LogP contribution is 2.19. The maximum absolute atomic E-state index is 12.3. The molecule has 1 aromatic heterocycles. The van der Waals surface area contributed by atoms with Crippen LogP contribution in [0, 0.1) is 0 Å². The molecule has 7 heteroatoms. The summed E-state index contributed by atoms with van der Waals surface area (Å²) in [5, 5.41) is 11.1. The van der Waals surface area contributed by atoms with Gasteiger partial charge in [0.2, 0.25) is 7.85 Å². The van der Waals surface area contributed by atoms with E-state index in [4.69, 9.17) is 13.0 Å². The second-order valence-corrected chi connectivity index (χ2v) is 4.27. The Kier molecular flexibility index (Phi) is 4.22. The Morgan fingerprint density at radius 1 is 1.14 bits per heavy atom. The zero-order valence-corrected chi connectivity index (χ0v) is 10.9. The smallest absolute Gasteiger partial charge is 0.323 e. The number of amides is 1. The average Bonchev–Trinajstić information content (AvgIpc) is 2.43. The first-order valence-corrected chi connectivity index (χ1v) is 6.06. The molecule has 2 rings (SSSR count). The van der Waals surface area contributed by atoms with Crippen molar-refractivity contribution in [3.63, 3.8) is 0 Å². The van der Waals surface area contributed by atoms with E-state index in [0.717, 1.165) is 4.57 Å². The summed E-state index contributed by atoms with van der Waals surface area (Å²) in [5.74, 6) is -2.05. The van der Waals surface area contributed by atoms with Crippen molar-refractivity contribution in [3.8, 4) is 11.3 Å². The Morgan fingerprint density at radius 3 is 2.38 bits per heavy atom. The van der Waals surface area contributed by atoms with Gasteiger partial charge < -0.3 is 10.4 Å². The Balaban J connectivity index is 2.60. The molecule has 0 bridgehead atoms. The van der Waals surface area contributed by atoms with E-state index < -0.39 is 23.9 Å². The van der Waals surface area contributed by atoms with Gasteiger partial charge in [0.15, 0.2) is 5.81 Å². The zero-order valence-electron chi connectivity index (χ0n) is 10.9. The van der Waals surface area contributed by atoms with Crippen molar-refractivity contribution in [2.45, 2.75) is 6.54 Å². The van der Waals surface area contributed by atoms with Gasteiger partial charge in [-0.3, -0.25) is 19.0 Å². The fourth-order valence-corrected chi connectivity index (χ4v) is 1.96. The van der Waals surface area contributed by atoms with Crippen LogP contribution in [-0.2, 0) is 11.3 Å². The number of nitrogens with zero attached hydrogens (tertiary/aromatic N) is 1. The molecule has 0 aliphatic rings. The predicted molar refractivity (Wildman–Crippen MR) is 78.5 cm³/mol. The van der Waals surface area contributed by atoms with E-state index in [1.807, 2.05) is 6.07 Å². The molecule has 0 aliphatic heterocycles. The normalized spacial score (nSPS) is 10.1. The number of carbonyl (C=O) groups is 2. The maximum Gasteiger partial charge on any atom is 0.323 e. The molecule has 2 N–H and O–H groups in total. The molecule has 2 aromatic rings. The largest absolute Gasteiger partial charge is 0.480 e. The Hall–Kier alpha value is -2.83. The first kappa shape index (κ1) is 14.6. The summed E-state index contributed by atoms with van der Waals surface area (Å²) in [6, 6.07) is 11.8. The minimum absolute atomic E-state index is 0.0663. The van der Waals surface area contributed by atoms with E-state index in [0.29, 0.717) is 11.3 Å². The van der Waals surface area contributed by atoms with Crippen molar-refractivity contribution >= 4 is 25.3 Å². The Morgan fingerprint density at radius 2 is 1.81 bits per heavy atom. The molecule has 21 heavy (non-hydrogen) atoms. The van der Waals surface area contributed by atoms with Gasteiger partial charge in [0.1, 0.15) is 12.2 Å². The summed E-state index contributed by atoms with van der Waals surface area (Å²) in [6.45, 7) is -0.517. The monoisotopic (exact) mass is 282 g/mol. The number of hydrogen-bond donors (Lipinski definition) is 2. The molecule has 0 fully saturated rings. The molecular formula is C14H11BN2O4. The lowest BCUT2D eigenvalue weighted by molar-refractivity contribution is -0.137. The molecule has 1 amide bonds. The molecule has 0 saturated carbocycles. The molecule has 0 aliphatic carbocycles. The standard InChI is InChI=1S/C14H11BN2O4/c15-14(21)16-10-6-7-11(9-4-2-1-3-5-9)17(13(10)20)8-12(18)19/h1-7H,8H2,(H,16,21)(H,18,19). The number of hydrogen-bond acceptors (Lipinski definition) is 3. The summed E-state index contributed by atoms with van der Waals surface area (Å²) in [7, 11) is 4.98. The van der Waals surface area contributed by atoms with Crippen molar-refractivity contribution in [1.29, 1.82) is 0 Å². The fraction of sp³-hybridized carbons (Fsp3) is 0.0714. The van der Waals surface area contributed by atoms with Crippen LogP contribution in [0.15, 0.2) is 47.3 Å². The van der Waals surface area contributed by atoms with E-state index in [1.165, 1.54) is 6.07 Å².